The van der Waals surface area contributed by atoms with Gasteiger partial charge in [-0.25, -0.2) is 0 Å². The first-order chi connectivity index (χ1) is 9.83. The number of aryl methyl sites for hydroxylation is 1. The third-order valence-electron chi connectivity index (χ3n) is 4.20. The number of rotatable bonds is 2. The molecule has 0 aliphatic carbocycles. The molecular formula is C17H17N3. The van der Waals surface area contributed by atoms with Gasteiger partial charge >= 0.3 is 0 Å². The van der Waals surface area contributed by atoms with Gasteiger partial charge in [-0.05, 0) is 17.2 Å². The van der Waals surface area contributed by atoms with Crippen LogP contribution in [0.3, 0.4) is 0 Å². The van der Waals surface area contributed by atoms with E-state index in [9.17, 15) is 0 Å². The fraction of sp³-hybridized carbons (Fsp3) is 0.235. The maximum atomic E-state index is 4.70. The average Bonchev–Trinajstić information content (AvgIpc) is 3.03. The lowest BCUT2D eigenvalue weighted by Crippen LogP contribution is -2.15. The van der Waals surface area contributed by atoms with Crippen LogP contribution in [0.25, 0.3) is 10.9 Å². The molecule has 0 radical (unpaired) electrons. The number of nitrogens with one attached hydrogen (secondary N) is 1. The maximum absolute atomic E-state index is 4.70. The van der Waals surface area contributed by atoms with Crippen LogP contribution >= 0.6 is 0 Å². The summed E-state index contributed by atoms with van der Waals surface area (Å²) in [7, 11) is 2.02. The summed E-state index contributed by atoms with van der Waals surface area (Å²) in [4.78, 5) is 0. The summed E-state index contributed by atoms with van der Waals surface area (Å²) >= 11 is 0. The Hall–Kier alpha value is -2.13. The molecule has 2 aromatic carbocycles. The van der Waals surface area contributed by atoms with Crippen LogP contribution in [0.4, 0.5) is 0 Å². The van der Waals surface area contributed by atoms with E-state index >= 15 is 0 Å². The Morgan fingerprint density at radius 1 is 1.15 bits per heavy atom. The lowest BCUT2D eigenvalue weighted by molar-refractivity contribution is 0.570. The third-order valence-corrected chi connectivity index (χ3v) is 4.20. The smallest absolute Gasteiger partial charge is 0.0722 e. The van der Waals surface area contributed by atoms with Gasteiger partial charge in [0.1, 0.15) is 0 Å². The summed E-state index contributed by atoms with van der Waals surface area (Å²) in [5, 5.41) is 9.56. The molecule has 0 amide bonds. The van der Waals surface area contributed by atoms with Gasteiger partial charge in [0.2, 0.25) is 0 Å². The fourth-order valence-electron chi connectivity index (χ4n) is 3.19. The highest BCUT2D eigenvalue weighted by molar-refractivity contribution is 5.81. The number of nitrogens with zero attached hydrogens (tertiary/aromatic N) is 2. The number of hydrogen-bond acceptors (Lipinski definition) is 2. The normalized spacial score (nSPS) is 17.6. The van der Waals surface area contributed by atoms with Gasteiger partial charge in [-0.2, -0.15) is 5.10 Å². The van der Waals surface area contributed by atoms with Crippen LogP contribution in [-0.2, 0) is 20.0 Å². The Kier molecular flexibility index (Phi) is 2.60. The first kappa shape index (κ1) is 11.7. The highest BCUT2D eigenvalue weighted by Gasteiger charge is 2.23. The molecule has 0 saturated carbocycles. The van der Waals surface area contributed by atoms with Gasteiger partial charge in [-0.1, -0.05) is 42.5 Å². The van der Waals surface area contributed by atoms with E-state index < -0.39 is 0 Å². The molecule has 1 N–H and O–H groups in total. The van der Waals surface area contributed by atoms with Gasteiger partial charge in [0, 0.05) is 31.4 Å². The Labute approximate surface area is 118 Å². The van der Waals surface area contributed by atoms with Crippen LogP contribution in [0.15, 0.2) is 48.5 Å². The van der Waals surface area contributed by atoms with Crippen LogP contribution in [0.5, 0.6) is 0 Å². The zero-order chi connectivity index (χ0) is 13.5. The summed E-state index contributed by atoms with van der Waals surface area (Å²) in [5.41, 5.74) is 5.21. The molecule has 1 unspecified atom stereocenters. The Morgan fingerprint density at radius 3 is 2.90 bits per heavy atom. The number of aromatic nitrogens is 2. The number of para-hydroxylation sites is 1. The second-order valence-corrected chi connectivity index (χ2v) is 5.42. The minimum atomic E-state index is 0.379. The molecule has 1 aliphatic rings. The summed E-state index contributed by atoms with van der Waals surface area (Å²) in [6.45, 7) is 0.964. The number of benzene rings is 2. The molecule has 100 valence electrons. The summed E-state index contributed by atoms with van der Waals surface area (Å²) in [6.07, 6.45) is 0.943. The number of hydrogen-bond donors (Lipinski definition) is 1. The summed E-state index contributed by atoms with van der Waals surface area (Å²) in [5.74, 6) is 0. The van der Waals surface area contributed by atoms with E-state index in [1.807, 2.05) is 11.7 Å². The first-order valence-corrected chi connectivity index (χ1v) is 7.05. The molecule has 3 heteroatoms. The molecule has 20 heavy (non-hydrogen) atoms. The lowest BCUT2D eigenvalue weighted by atomic mass is 10.00. The molecule has 0 saturated heterocycles. The molecule has 3 aromatic rings. The standard InChI is InChI=1S/C17H17N3/c1-20-17-9-5-4-8-14(17)16(19-20)10-15-13-7-3-2-6-12(13)11-18-15/h2-9,15,18H,10-11H2,1H3. The van der Waals surface area contributed by atoms with Gasteiger partial charge in [0.25, 0.3) is 0 Å². The quantitative estimate of drug-likeness (QED) is 0.770. The topological polar surface area (TPSA) is 29.9 Å². The summed E-state index contributed by atoms with van der Waals surface area (Å²) < 4.78 is 1.98. The molecule has 0 spiro atoms. The average molecular weight is 263 g/mol. The van der Waals surface area contributed by atoms with E-state index in [1.165, 1.54) is 27.7 Å². The first-order valence-electron chi connectivity index (χ1n) is 7.05. The minimum absolute atomic E-state index is 0.379. The molecule has 0 fully saturated rings. The highest BCUT2D eigenvalue weighted by atomic mass is 15.3. The van der Waals surface area contributed by atoms with Crippen LogP contribution in [-0.4, -0.2) is 9.78 Å². The van der Waals surface area contributed by atoms with Crippen molar-refractivity contribution in [3.63, 3.8) is 0 Å². The van der Waals surface area contributed by atoms with Crippen molar-refractivity contribution in [2.24, 2.45) is 7.05 Å². The number of fused-ring (bicyclic) bond motifs is 2. The second kappa shape index (κ2) is 4.46. The molecule has 3 nitrogen and oxygen atoms in total. The van der Waals surface area contributed by atoms with Crippen molar-refractivity contribution in [3.05, 3.63) is 65.4 Å². The van der Waals surface area contributed by atoms with Crippen molar-refractivity contribution in [1.29, 1.82) is 0 Å². The zero-order valence-electron chi connectivity index (χ0n) is 11.5. The van der Waals surface area contributed by atoms with Crippen molar-refractivity contribution < 1.29 is 0 Å². The van der Waals surface area contributed by atoms with Crippen molar-refractivity contribution in [2.45, 2.75) is 19.0 Å². The van der Waals surface area contributed by atoms with E-state index in [0.29, 0.717) is 6.04 Å². The van der Waals surface area contributed by atoms with Crippen molar-refractivity contribution >= 4 is 10.9 Å². The van der Waals surface area contributed by atoms with Gasteiger partial charge in [0.05, 0.1) is 11.2 Å². The minimum Gasteiger partial charge on any atom is -0.305 e. The van der Waals surface area contributed by atoms with Crippen LogP contribution in [0.2, 0.25) is 0 Å². The van der Waals surface area contributed by atoms with Gasteiger partial charge in [-0.3, -0.25) is 4.68 Å². The van der Waals surface area contributed by atoms with Crippen molar-refractivity contribution in [3.8, 4) is 0 Å². The van der Waals surface area contributed by atoms with E-state index in [-0.39, 0.29) is 0 Å². The molecule has 0 bridgehead atoms. The Bertz CT molecular complexity index is 773. The molecule has 1 aliphatic heterocycles. The van der Waals surface area contributed by atoms with Crippen molar-refractivity contribution in [1.82, 2.24) is 15.1 Å². The van der Waals surface area contributed by atoms with E-state index in [0.717, 1.165) is 13.0 Å². The third kappa shape index (κ3) is 1.74. The highest BCUT2D eigenvalue weighted by Crippen LogP contribution is 2.29. The monoisotopic (exact) mass is 263 g/mol. The van der Waals surface area contributed by atoms with E-state index in [1.54, 1.807) is 0 Å². The van der Waals surface area contributed by atoms with Gasteiger partial charge in [-0.15, -0.1) is 0 Å². The largest absolute Gasteiger partial charge is 0.305 e. The summed E-state index contributed by atoms with van der Waals surface area (Å²) in [6, 6.07) is 17.5. The Morgan fingerprint density at radius 2 is 1.95 bits per heavy atom. The lowest BCUT2D eigenvalue weighted by Gasteiger charge is -2.10. The van der Waals surface area contributed by atoms with E-state index in [4.69, 9.17) is 5.10 Å². The second-order valence-electron chi connectivity index (χ2n) is 5.42. The predicted molar refractivity (Wildman–Crippen MR) is 80.4 cm³/mol. The SMILES string of the molecule is Cn1nc(CC2NCc3ccccc32)c2ccccc21. The molecule has 2 heterocycles. The Balaban J connectivity index is 1.73. The van der Waals surface area contributed by atoms with Crippen LogP contribution < -0.4 is 5.32 Å². The maximum Gasteiger partial charge on any atom is 0.0722 e. The molecule has 4 rings (SSSR count). The van der Waals surface area contributed by atoms with Gasteiger partial charge in [0.15, 0.2) is 0 Å². The predicted octanol–water partition coefficient (Wildman–Crippen LogP) is 2.96. The van der Waals surface area contributed by atoms with Crippen molar-refractivity contribution in [2.75, 3.05) is 0 Å². The van der Waals surface area contributed by atoms with Crippen LogP contribution in [0.1, 0.15) is 22.9 Å². The fourth-order valence-corrected chi connectivity index (χ4v) is 3.19. The molecule has 1 atom stereocenters. The van der Waals surface area contributed by atoms with E-state index in [2.05, 4.69) is 53.8 Å². The van der Waals surface area contributed by atoms with Gasteiger partial charge < -0.3 is 5.32 Å². The van der Waals surface area contributed by atoms with Crippen LogP contribution in [0, 0.1) is 0 Å². The molecular weight excluding hydrogens is 246 g/mol. The zero-order valence-corrected chi connectivity index (χ0v) is 11.5. The molecule has 1 aromatic heterocycles.